The van der Waals surface area contributed by atoms with Gasteiger partial charge in [-0.15, -0.1) is 12.4 Å². The molecule has 4 aromatic rings. The second-order valence-electron chi connectivity index (χ2n) is 9.04. The van der Waals surface area contributed by atoms with Crippen LogP contribution >= 0.6 is 12.4 Å². The molecule has 1 unspecified atom stereocenters. The summed E-state index contributed by atoms with van der Waals surface area (Å²) in [5.41, 5.74) is 4.49. The highest BCUT2D eigenvalue weighted by atomic mass is 35.5. The van der Waals surface area contributed by atoms with Gasteiger partial charge in [-0.3, -0.25) is 0 Å². The van der Waals surface area contributed by atoms with E-state index < -0.39 is 10.0 Å². The molecule has 1 aliphatic heterocycles. The van der Waals surface area contributed by atoms with Gasteiger partial charge in [0.05, 0.1) is 35.1 Å². The van der Waals surface area contributed by atoms with E-state index in [-0.39, 0.29) is 29.9 Å². The van der Waals surface area contributed by atoms with Crippen LogP contribution in [0.4, 0.5) is 5.69 Å². The van der Waals surface area contributed by atoms with Crippen molar-refractivity contribution in [3.8, 4) is 6.07 Å². The zero-order chi connectivity index (χ0) is 25.1. The zero-order valence-corrected chi connectivity index (χ0v) is 22.1. The summed E-state index contributed by atoms with van der Waals surface area (Å²) in [6.45, 7) is 1.36. The number of fused-ring (bicyclic) bond motifs is 1. The molecule has 37 heavy (non-hydrogen) atoms. The molecule has 7 nitrogen and oxygen atoms in total. The second kappa shape index (κ2) is 11.2. The van der Waals surface area contributed by atoms with Gasteiger partial charge < -0.3 is 9.47 Å². The standard InChI is InChI=1S/C28H27N5O2S.ClH/c1-31-21-30-17-26(31)20-32-19-25(15-24-14-23(16-29)12-13-28(24)32)33(18-22-8-4-2-5-9-22)36(34,35)27-10-6-3-7-11-27;/h2-14,17,21,25H,15,18-20H2,1H3;1H. The molecule has 0 radical (unpaired) electrons. The number of aromatic nitrogens is 2. The lowest BCUT2D eigenvalue weighted by Gasteiger charge is -2.41. The van der Waals surface area contributed by atoms with Gasteiger partial charge >= 0.3 is 0 Å². The fourth-order valence-corrected chi connectivity index (χ4v) is 6.40. The highest BCUT2D eigenvalue weighted by Gasteiger charge is 2.36. The maximum Gasteiger partial charge on any atom is 0.243 e. The Kier molecular flexibility index (Phi) is 7.98. The molecule has 0 amide bonds. The van der Waals surface area contributed by atoms with Crippen LogP contribution in [0, 0.1) is 11.3 Å². The van der Waals surface area contributed by atoms with Gasteiger partial charge in [0.2, 0.25) is 10.0 Å². The topological polar surface area (TPSA) is 82.2 Å². The predicted octanol–water partition coefficient (Wildman–Crippen LogP) is 4.54. The molecule has 3 aromatic carbocycles. The summed E-state index contributed by atoms with van der Waals surface area (Å²) in [5, 5.41) is 9.52. The molecule has 0 saturated carbocycles. The first kappa shape index (κ1) is 26.4. The van der Waals surface area contributed by atoms with E-state index in [1.165, 1.54) is 0 Å². The summed E-state index contributed by atoms with van der Waals surface area (Å²) in [5.74, 6) is 0. The number of aryl methyl sites for hydroxylation is 1. The van der Waals surface area contributed by atoms with Gasteiger partial charge in [-0.05, 0) is 47.9 Å². The van der Waals surface area contributed by atoms with Crippen molar-refractivity contribution in [1.82, 2.24) is 13.9 Å². The number of benzene rings is 3. The Morgan fingerprint density at radius 2 is 1.76 bits per heavy atom. The molecular weight excluding hydrogens is 506 g/mol. The molecular formula is C28H28ClN5O2S. The molecule has 5 rings (SSSR count). The number of nitriles is 1. The number of anilines is 1. The number of nitrogens with zero attached hydrogens (tertiary/aromatic N) is 5. The Hall–Kier alpha value is -3.64. The largest absolute Gasteiger partial charge is 0.364 e. The summed E-state index contributed by atoms with van der Waals surface area (Å²) in [4.78, 5) is 6.71. The molecule has 1 atom stereocenters. The van der Waals surface area contributed by atoms with Crippen molar-refractivity contribution in [2.45, 2.75) is 30.4 Å². The van der Waals surface area contributed by atoms with Crippen molar-refractivity contribution in [3.05, 3.63) is 114 Å². The minimum Gasteiger partial charge on any atom is -0.364 e. The Morgan fingerprint density at radius 3 is 2.41 bits per heavy atom. The van der Waals surface area contributed by atoms with Crippen molar-refractivity contribution >= 4 is 28.1 Å². The van der Waals surface area contributed by atoms with Gasteiger partial charge in [0.15, 0.2) is 0 Å². The van der Waals surface area contributed by atoms with Crippen LogP contribution in [0.3, 0.4) is 0 Å². The first-order valence-corrected chi connectivity index (χ1v) is 13.2. The Balaban J connectivity index is 0.00000320. The maximum absolute atomic E-state index is 14.0. The highest BCUT2D eigenvalue weighted by Crippen LogP contribution is 2.34. The lowest BCUT2D eigenvalue weighted by atomic mass is 9.95. The van der Waals surface area contributed by atoms with E-state index in [9.17, 15) is 13.7 Å². The smallest absolute Gasteiger partial charge is 0.243 e. The van der Waals surface area contributed by atoms with E-state index in [4.69, 9.17) is 0 Å². The molecule has 0 bridgehead atoms. The summed E-state index contributed by atoms with van der Waals surface area (Å²) >= 11 is 0. The molecule has 0 N–H and O–H groups in total. The number of imidazole rings is 1. The molecule has 1 aromatic heterocycles. The Bertz CT molecular complexity index is 1500. The van der Waals surface area contributed by atoms with Crippen LogP contribution in [-0.4, -0.2) is 34.9 Å². The second-order valence-corrected chi connectivity index (χ2v) is 10.9. The van der Waals surface area contributed by atoms with Gasteiger partial charge in [0, 0.05) is 38.1 Å². The van der Waals surface area contributed by atoms with Gasteiger partial charge in [0.25, 0.3) is 0 Å². The van der Waals surface area contributed by atoms with Crippen molar-refractivity contribution < 1.29 is 8.42 Å². The minimum absolute atomic E-state index is 0. The average Bonchev–Trinajstić information content (AvgIpc) is 3.31. The fraction of sp³-hybridized carbons (Fsp3) is 0.214. The lowest BCUT2D eigenvalue weighted by Crippen LogP contribution is -2.50. The van der Waals surface area contributed by atoms with E-state index in [1.807, 2.05) is 72.4 Å². The number of rotatable bonds is 7. The highest BCUT2D eigenvalue weighted by molar-refractivity contribution is 7.89. The third kappa shape index (κ3) is 5.54. The lowest BCUT2D eigenvalue weighted by molar-refractivity contribution is 0.302. The summed E-state index contributed by atoms with van der Waals surface area (Å²) < 4.78 is 31.6. The molecule has 0 aliphatic carbocycles. The van der Waals surface area contributed by atoms with E-state index in [0.29, 0.717) is 25.1 Å². The van der Waals surface area contributed by atoms with Crippen molar-refractivity contribution in [2.75, 3.05) is 11.4 Å². The first-order chi connectivity index (χ1) is 17.5. The molecule has 0 saturated heterocycles. The normalized spacial score (nSPS) is 15.1. The quantitative estimate of drug-likeness (QED) is 0.348. The molecule has 2 heterocycles. The Labute approximate surface area is 224 Å². The van der Waals surface area contributed by atoms with Gasteiger partial charge in [-0.1, -0.05) is 48.5 Å². The molecule has 1 aliphatic rings. The van der Waals surface area contributed by atoms with Gasteiger partial charge in [-0.25, -0.2) is 13.4 Å². The van der Waals surface area contributed by atoms with Crippen LogP contribution in [-0.2, 0) is 36.6 Å². The van der Waals surface area contributed by atoms with Gasteiger partial charge in [0.1, 0.15) is 0 Å². The van der Waals surface area contributed by atoms with E-state index in [1.54, 1.807) is 34.9 Å². The van der Waals surface area contributed by atoms with Crippen molar-refractivity contribution in [2.24, 2.45) is 7.05 Å². The summed E-state index contributed by atoms with van der Waals surface area (Å²) in [7, 11) is -1.84. The monoisotopic (exact) mass is 533 g/mol. The number of hydrogen-bond acceptors (Lipinski definition) is 5. The molecule has 0 spiro atoms. The maximum atomic E-state index is 14.0. The number of sulfonamides is 1. The van der Waals surface area contributed by atoms with Crippen LogP contribution < -0.4 is 4.90 Å². The van der Waals surface area contributed by atoms with E-state index in [0.717, 1.165) is 22.5 Å². The minimum atomic E-state index is -3.79. The zero-order valence-electron chi connectivity index (χ0n) is 20.4. The van der Waals surface area contributed by atoms with Crippen LogP contribution in [0.1, 0.15) is 22.4 Å². The van der Waals surface area contributed by atoms with Crippen LogP contribution in [0.25, 0.3) is 0 Å². The fourth-order valence-electron chi connectivity index (χ4n) is 4.77. The van der Waals surface area contributed by atoms with Crippen LogP contribution in [0.2, 0.25) is 0 Å². The average molecular weight is 534 g/mol. The number of hydrogen-bond donors (Lipinski definition) is 0. The third-order valence-electron chi connectivity index (χ3n) is 6.64. The SMILES string of the molecule is Cl.Cn1cncc1CN1CC(N(Cc2ccccc2)S(=O)(=O)c2ccccc2)Cc2cc(C#N)ccc21. The predicted molar refractivity (Wildman–Crippen MR) is 146 cm³/mol. The third-order valence-corrected chi connectivity index (χ3v) is 8.56. The summed E-state index contributed by atoms with van der Waals surface area (Å²) in [6.07, 6.45) is 4.11. The van der Waals surface area contributed by atoms with Gasteiger partial charge in [-0.2, -0.15) is 9.57 Å². The first-order valence-electron chi connectivity index (χ1n) is 11.8. The number of halogens is 1. The summed E-state index contributed by atoms with van der Waals surface area (Å²) in [6, 6.07) is 25.8. The van der Waals surface area contributed by atoms with Crippen molar-refractivity contribution in [1.29, 1.82) is 5.26 Å². The van der Waals surface area contributed by atoms with E-state index in [2.05, 4.69) is 16.0 Å². The Morgan fingerprint density at radius 1 is 1.05 bits per heavy atom. The molecule has 9 heteroatoms. The molecule has 190 valence electrons. The van der Waals surface area contributed by atoms with Crippen LogP contribution in [0.15, 0.2) is 96.3 Å². The van der Waals surface area contributed by atoms with E-state index >= 15 is 0 Å². The molecule has 0 fully saturated rings. The van der Waals surface area contributed by atoms with Crippen LogP contribution in [0.5, 0.6) is 0 Å². The van der Waals surface area contributed by atoms with Crippen molar-refractivity contribution in [3.63, 3.8) is 0 Å².